The van der Waals surface area contributed by atoms with Crippen LogP contribution in [0.25, 0.3) is 5.57 Å². The molecule has 1 aliphatic carbocycles. The molecule has 0 radical (unpaired) electrons. The van der Waals surface area contributed by atoms with E-state index in [4.69, 9.17) is 0 Å². The third-order valence-corrected chi connectivity index (χ3v) is 6.51. The Labute approximate surface area is 162 Å². The maximum atomic E-state index is 3.42. The molecule has 3 atom stereocenters. The van der Waals surface area contributed by atoms with Gasteiger partial charge < -0.3 is 0 Å². The molecule has 0 nitrogen and oxygen atoms in total. The van der Waals surface area contributed by atoms with Crippen molar-refractivity contribution in [2.45, 2.75) is 79.6 Å². The second-order valence-electron chi connectivity index (χ2n) is 8.66. The van der Waals surface area contributed by atoms with Gasteiger partial charge in [-0.1, -0.05) is 83.9 Å². The molecule has 0 aliphatic heterocycles. The van der Waals surface area contributed by atoms with E-state index in [1.54, 1.807) is 0 Å². The first-order valence-electron chi connectivity index (χ1n) is 10.7. The highest BCUT2D eigenvalue weighted by atomic mass is 14.3. The topological polar surface area (TPSA) is 0 Å². The highest BCUT2D eigenvalue weighted by Gasteiger charge is 2.29. The molecule has 3 unspecified atom stereocenters. The molecule has 0 fully saturated rings. The van der Waals surface area contributed by atoms with Gasteiger partial charge in [-0.2, -0.15) is 0 Å². The van der Waals surface area contributed by atoms with Crippen LogP contribution in [0.4, 0.5) is 0 Å². The summed E-state index contributed by atoms with van der Waals surface area (Å²) in [5, 5.41) is 0. The lowest BCUT2D eigenvalue weighted by molar-refractivity contribution is 0.147. The van der Waals surface area contributed by atoms with Gasteiger partial charge in [0.2, 0.25) is 0 Å². The highest BCUT2D eigenvalue weighted by Crippen LogP contribution is 2.39. The lowest BCUT2D eigenvalue weighted by Crippen LogP contribution is -2.26. The van der Waals surface area contributed by atoms with Crippen molar-refractivity contribution in [1.82, 2.24) is 0 Å². The number of hydrogen-bond acceptors (Lipinski definition) is 0. The van der Waals surface area contributed by atoms with Gasteiger partial charge in [0, 0.05) is 5.57 Å². The molecular weight excluding hydrogens is 312 g/mol. The number of benzene rings is 1. The third kappa shape index (κ3) is 5.75. The summed E-state index contributed by atoms with van der Waals surface area (Å²) in [4.78, 5) is 0. The fourth-order valence-corrected chi connectivity index (χ4v) is 4.40. The first kappa shape index (κ1) is 20.8. The van der Waals surface area contributed by atoms with Gasteiger partial charge in [-0.05, 0) is 66.6 Å². The quantitative estimate of drug-likeness (QED) is 0.396. The predicted molar refractivity (Wildman–Crippen MR) is 116 cm³/mol. The summed E-state index contributed by atoms with van der Waals surface area (Å²) in [6.45, 7) is 12.1. The standard InChI is InChI=1S/C26H38/c1-6-18-26(5,7-2)22(4)19-21(3)20-23-14-16-25(17-15-23)24-12-10-8-9-11-13-24/h8-10,14-17,21-22H,6-7,11,13,18-20H2,1-5H3. The molecule has 0 heteroatoms. The summed E-state index contributed by atoms with van der Waals surface area (Å²) < 4.78 is 0. The maximum Gasteiger partial charge on any atom is 0.00151 e. The van der Waals surface area contributed by atoms with E-state index < -0.39 is 0 Å². The third-order valence-electron chi connectivity index (χ3n) is 6.51. The maximum absolute atomic E-state index is 3.42. The van der Waals surface area contributed by atoms with Crippen LogP contribution in [0.2, 0.25) is 0 Å². The van der Waals surface area contributed by atoms with Gasteiger partial charge in [0.1, 0.15) is 0 Å². The second-order valence-corrected chi connectivity index (χ2v) is 8.66. The van der Waals surface area contributed by atoms with E-state index in [0.29, 0.717) is 5.41 Å². The molecule has 0 spiro atoms. The van der Waals surface area contributed by atoms with Crippen LogP contribution in [-0.2, 0) is 6.42 Å². The summed E-state index contributed by atoms with van der Waals surface area (Å²) in [6, 6.07) is 9.24. The Bertz CT molecular complexity index is 639. The molecule has 0 bridgehead atoms. The molecule has 1 aromatic rings. The smallest absolute Gasteiger partial charge is 0.00151 e. The minimum atomic E-state index is 0.499. The molecule has 0 amide bonds. The highest BCUT2D eigenvalue weighted by molar-refractivity contribution is 5.66. The summed E-state index contributed by atoms with van der Waals surface area (Å²) >= 11 is 0. The van der Waals surface area contributed by atoms with E-state index in [1.807, 2.05) is 6.08 Å². The van der Waals surface area contributed by atoms with Crippen molar-refractivity contribution in [3.8, 4) is 0 Å². The second kappa shape index (κ2) is 9.98. The zero-order valence-corrected chi connectivity index (χ0v) is 17.6. The molecule has 26 heavy (non-hydrogen) atoms. The summed E-state index contributed by atoms with van der Waals surface area (Å²) in [6.07, 6.45) is 15.0. The summed E-state index contributed by atoms with van der Waals surface area (Å²) in [5.74, 6) is 1.52. The average molecular weight is 351 g/mol. The SMILES string of the molecule is CCCC(C)(CC)C(C)CC(C)Cc1ccc(C2=C=CC=CCC2)cc1. The van der Waals surface area contributed by atoms with E-state index >= 15 is 0 Å². The summed E-state index contributed by atoms with van der Waals surface area (Å²) in [5.41, 5.74) is 8.06. The molecule has 1 aliphatic rings. The molecule has 0 aromatic heterocycles. The van der Waals surface area contributed by atoms with Crippen molar-refractivity contribution >= 4 is 5.57 Å². The lowest BCUT2D eigenvalue weighted by atomic mass is 9.69. The normalized spacial score (nSPS) is 18.7. The van der Waals surface area contributed by atoms with Crippen LogP contribution in [0.1, 0.15) is 84.3 Å². The largest absolute Gasteiger partial charge is 0.117 e. The fraction of sp³-hybridized carbons (Fsp3) is 0.577. The van der Waals surface area contributed by atoms with Gasteiger partial charge in [0.15, 0.2) is 0 Å². The molecular formula is C26H38. The van der Waals surface area contributed by atoms with Gasteiger partial charge in [0.05, 0.1) is 0 Å². The van der Waals surface area contributed by atoms with Crippen molar-refractivity contribution in [1.29, 1.82) is 0 Å². The van der Waals surface area contributed by atoms with E-state index in [1.165, 1.54) is 48.8 Å². The van der Waals surface area contributed by atoms with Crippen LogP contribution in [0, 0.1) is 17.3 Å². The molecule has 0 saturated carbocycles. The van der Waals surface area contributed by atoms with Crippen LogP contribution in [0.15, 0.2) is 48.2 Å². The Morgan fingerprint density at radius 2 is 1.85 bits per heavy atom. The Balaban J connectivity index is 1.96. The van der Waals surface area contributed by atoms with Crippen LogP contribution < -0.4 is 0 Å². The predicted octanol–water partition coefficient (Wildman–Crippen LogP) is 8.00. The molecule has 0 saturated heterocycles. The number of hydrogen-bond donors (Lipinski definition) is 0. The Kier molecular flexibility index (Phi) is 7.98. The molecule has 142 valence electrons. The van der Waals surface area contributed by atoms with Crippen molar-refractivity contribution in [2.75, 3.05) is 0 Å². The van der Waals surface area contributed by atoms with Crippen molar-refractivity contribution in [3.05, 3.63) is 59.4 Å². The first-order chi connectivity index (χ1) is 12.5. The lowest BCUT2D eigenvalue weighted by Gasteiger charge is -2.36. The van der Waals surface area contributed by atoms with E-state index in [9.17, 15) is 0 Å². The van der Waals surface area contributed by atoms with Gasteiger partial charge >= 0.3 is 0 Å². The van der Waals surface area contributed by atoms with E-state index in [0.717, 1.165) is 24.7 Å². The number of rotatable bonds is 9. The van der Waals surface area contributed by atoms with E-state index in [2.05, 4.69) is 76.8 Å². The number of allylic oxidation sites excluding steroid dienone is 3. The fourth-order valence-electron chi connectivity index (χ4n) is 4.40. The Morgan fingerprint density at radius 3 is 2.50 bits per heavy atom. The monoisotopic (exact) mass is 350 g/mol. The van der Waals surface area contributed by atoms with Crippen LogP contribution in [0.3, 0.4) is 0 Å². The zero-order chi connectivity index (χ0) is 19.0. The Hall–Kier alpha value is -1.52. The van der Waals surface area contributed by atoms with Crippen molar-refractivity contribution in [2.24, 2.45) is 17.3 Å². The van der Waals surface area contributed by atoms with Crippen LogP contribution in [-0.4, -0.2) is 0 Å². The van der Waals surface area contributed by atoms with Gasteiger partial charge in [0.25, 0.3) is 0 Å². The molecule has 1 aromatic carbocycles. The summed E-state index contributed by atoms with van der Waals surface area (Å²) in [7, 11) is 0. The van der Waals surface area contributed by atoms with Gasteiger partial charge in [-0.3, -0.25) is 0 Å². The van der Waals surface area contributed by atoms with Crippen LogP contribution in [0.5, 0.6) is 0 Å². The molecule has 0 heterocycles. The minimum Gasteiger partial charge on any atom is -0.117 e. The van der Waals surface area contributed by atoms with Gasteiger partial charge in [-0.15, -0.1) is 5.73 Å². The van der Waals surface area contributed by atoms with Crippen LogP contribution >= 0.6 is 0 Å². The average Bonchev–Trinajstić information content (AvgIpc) is 2.91. The molecule has 2 rings (SSSR count). The zero-order valence-electron chi connectivity index (χ0n) is 17.6. The molecule has 0 N–H and O–H groups in total. The van der Waals surface area contributed by atoms with Crippen molar-refractivity contribution in [3.63, 3.8) is 0 Å². The van der Waals surface area contributed by atoms with Crippen molar-refractivity contribution < 1.29 is 0 Å². The van der Waals surface area contributed by atoms with E-state index in [-0.39, 0.29) is 0 Å². The Morgan fingerprint density at radius 1 is 1.12 bits per heavy atom. The minimum absolute atomic E-state index is 0.499. The first-order valence-corrected chi connectivity index (χ1v) is 10.7. The van der Waals surface area contributed by atoms with Gasteiger partial charge in [-0.25, -0.2) is 0 Å².